The number of carbonyl (C=O) groups excluding carboxylic acids is 1. The fraction of sp³-hybridized carbons (Fsp3) is 0.167. The summed E-state index contributed by atoms with van der Waals surface area (Å²) in [4.78, 5) is 12.2. The number of carbonyl (C=O) groups is 1. The lowest BCUT2D eigenvalue weighted by Gasteiger charge is -2.13. The molecule has 7 nitrogen and oxygen atoms in total. The van der Waals surface area contributed by atoms with Gasteiger partial charge in [-0.2, -0.15) is 0 Å². The fourth-order valence-corrected chi connectivity index (χ4v) is 4.93. The lowest BCUT2D eigenvalue weighted by molar-refractivity contribution is -0.121. The molecule has 0 atom stereocenters. The maximum absolute atomic E-state index is 12.7. The van der Waals surface area contributed by atoms with Crippen LogP contribution in [0.25, 0.3) is 0 Å². The van der Waals surface area contributed by atoms with Crippen LogP contribution in [0.15, 0.2) is 70.0 Å². The zero-order chi connectivity index (χ0) is 24.9. The number of hydrogen-bond donors (Lipinski definition) is 3. The number of amides is 1. The molecule has 0 heterocycles. The van der Waals surface area contributed by atoms with Gasteiger partial charge in [-0.1, -0.05) is 33.6 Å². The zero-order valence-corrected chi connectivity index (χ0v) is 22.0. The first-order chi connectivity index (χ1) is 16.0. The Morgan fingerprint density at radius 3 is 2.32 bits per heavy atom. The van der Waals surface area contributed by atoms with Crippen molar-refractivity contribution in [1.29, 1.82) is 0 Å². The molecule has 0 aliphatic heterocycles. The molecular weight excluding hydrogens is 538 g/mol. The van der Waals surface area contributed by atoms with Crippen LogP contribution >= 0.6 is 28.1 Å². The summed E-state index contributed by atoms with van der Waals surface area (Å²) < 4.78 is 34.5. The van der Waals surface area contributed by atoms with E-state index in [0.717, 1.165) is 21.2 Å². The molecule has 0 aliphatic rings. The van der Waals surface area contributed by atoms with Gasteiger partial charge in [0.2, 0.25) is 0 Å². The molecular formula is C24H24BrN3O4S2. The zero-order valence-electron chi connectivity index (χ0n) is 18.8. The Morgan fingerprint density at radius 2 is 1.68 bits per heavy atom. The van der Waals surface area contributed by atoms with Crippen molar-refractivity contribution in [3.05, 3.63) is 81.8 Å². The van der Waals surface area contributed by atoms with Crippen LogP contribution in [0.4, 0.5) is 11.4 Å². The minimum absolute atomic E-state index is 0.0742. The maximum Gasteiger partial charge on any atom is 0.264 e. The van der Waals surface area contributed by atoms with E-state index in [1.165, 1.54) is 12.1 Å². The SMILES string of the molecule is Cc1ccc(NS(=O)(=O)c2ccc(NC(=S)NC(=O)COc3ccc(Br)cc3C)cc2)c(C)c1. The Balaban J connectivity index is 1.55. The van der Waals surface area contributed by atoms with Gasteiger partial charge in [0.1, 0.15) is 5.75 Å². The molecule has 178 valence electrons. The molecule has 0 aliphatic carbocycles. The monoisotopic (exact) mass is 561 g/mol. The minimum atomic E-state index is -3.75. The van der Waals surface area contributed by atoms with Crippen molar-refractivity contribution >= 4 is 60.6 Å². The summed E-state index contributed by atoms with van der Waals surface area (Å²) in [5, 5.41) is 5.46. The van der Waals surface area contributed by atoms with E-state index in [0.29, 0.717) is 17.1 Å². The number of hydrogen-bond acceptors (Lipinski definition) is 5. The highest BCUT2D eigenvalue weighted by atomic mass is 79.9. The summed E-state index contributed by atoms with van der Waals surface area (Å²) in [6.07, 6.45) is 0. The van der Waals surface area contributed by atoms with Gasteiger partial charge < -0.3 is 10.1 Å². The first kappa shape index (κ1) is 25.7. The summed E-state index contributed by atoms with van der Waals surface area (Å²) >= 11 is 8.55. The van der Waals surface area contributed by atoms with Crippen molar-refractivity contribution in [2.45, 2.75) is 25.7 Å². The highest BCUT2D eigenvalue weighted by Crippen LogP contribution is 2.23. The third-order valence-corrected chi connectivity index (χ3v) is 6.88. The average Bonchev–Trinajstić information content (AvgIpc) is 2.75. The van der Waals surface area contributed by atoms with Crippen LogP contribution in [0.2, 0.25) is 0 Å². The molecule has 3 aromatic carbocycles. The second kappa shape index (κ2) is 11.0. The van der Waals surface area contributed by atoms with E-state index < -0.39 is 15.9 Å². The first-order valence-electron chi connectivity index (χ1n) is 10.2. The topological polar surface area (TPSA) is 96.5 Å². The van der Waals surface area contributed by atoms with Crippen LogP contribution in [0.5, 0.6) is 5.75 Å². The average molecular weight is 563 g/mol. The van der Waals surface area contributed by atoms with Crippen molar-refractivity contribution in [3.63, 3.8) is 0 Å². The first-order valence-corrected chi connectivity index (χ1v) is 12.9. The van der Waals surface area contributed by atoms with Gasteiger partial charge in [0, 0.05) is 10.2 Å². The predicted octanol–water partition coefficient (Wildman–Crippen LogP) is 5.07. The largest absolute Gasteiger partial charge is 0.483 e. The van der Waals surface area contributed by atoms with Crippen LogP contribution in [0.3, 0.4) is 0 Å². The number of thiocarbonyl (C=S) groups is 1. The molecule has 0 unspecified atom stereocenters. The van der Waals surface area contributed by atoms with Gasteiger partial charge in [0.05, 0.1) is 10.6 Å². The minimum Gasteiger partial charge on any atom is -0.483 e. The normalized spacial score (nSPS) is 10.9. The molecule has 0 saturated heterocycles. The molecule has 0 bridgehead atoms. The highest BCUT2D eigenvalue weighted by molar-refractivity contribution is 9.10. The Morgan fingerprint density at radius 1 is 0.971 bits per heavy atom. The van der Waals surface area contributed by atoms with Crippen molar-refractivity contribution < 1.29 is 17.9 Å². The number of anilines is 2. The number of aryl methyl sites for hydroxylation is 3. The number of benzene rings is 3. The van der Waals surface area contributed by atoms with E-state index in [9.17, 15) is 13.2 Å². The Labute approximate surface area is 213 Å². The number of nitrogens with one attached hydrogen (secondary N) is 3. The quantitative estimate of drug-likeness (QED) is 0.348. The third kappa shape index (κ3) is 7.02. The molecule has 3 aromatic rings. The molecule has 0 fully saturated rings. The third-order valence-electron chi connectivity index (χ3n) is 4.80. The smallest absolute Gasteiger partial charge is 0.264 e. The van der Waals surface area contributed by atoms with Crippen molar-refractivity contribution in [2.24, 2.45) is 0 Å². The summed E-state index contributed by atoms with van der Waals surface area (Å²) in [5.41, 5.74) is 3.83. The molecule has 1 amide bonds. The molecule has 0 saturated carbocycles. The second-order valence-corrected chi connectivity index (χ2v) is 10.7. The van der Waals surface area contributed by atoms with Gasteiger partial charge in [0.15, 0.2) is 11.7 Å². The highest BCUT2D eigenvalue weighted by Gasteiger charge is 2.15. The van der Waals surface area contributed by atoms with E-state index in [4.69, 9.17) is 17.0 Å². The lowest BCUT2D eigenvalue weighted by Crippen LogP contribution is -2.37. The summed E-state index contributed by atoms with van der Waals surface area (Å²) in [5.74, 6) is 0.181. The molecule has 10 heteroatoms. The van der Waals surface area contributed by atoms with Crippen LogP contribution in [-0.4, -0.2) is 26.0 Å². The van der Waals surface area contributed by atoms with E-state index >= 15 is 0 Å². The van der Waals surface area contributed by atoms with Crippen LogP contribution in [0, 0.1) is 20.8 Å². The summed E-state index contributed by atoms with van der Waals surface area (Å²) in [7, 11) is -3.75. The number of rotatable bonds is 7. The number of sulfonamides is 1. The van der Waals surface area contributed by atoms with E-state index in [2.05, 4.69) is 31.3 Å². The van der Waals surface area contributed by atoms with Gasteiger partial charge >= 0.3 is 0 Å². The van der Waals surface area contributed by atoms with E-state index in [1.54, 1.807) is 24.3 Å². The van der Waals surface area contributed by atoms with E-state index in [-0.39, 0.29) is 16.6 Å². The standard InChI is InChI=1S/C24H24BrN3O4S2/c1-15-4-10-21(16(2)12-15)28-34(30,31)20-8-6-19(7-9-20)26-24(33)27-23(29)14-32-22-11-5-18(25)13-17(22)3/h4-13,28H,14H2,1-3H3,(H2,26,27,29,33). The Bertz CT molecular complexity index is 1330. The second-order valence-electron chi connectivity index (χ2n) is 7.65. The van der Waals surface area contributed by atoms with Gasteiger partial charge in [0.25, 0.3) is 15.9 Å². The Kier molecular flexibility index (Phi) is 8.29. The number of halogens is 1. The molecule has 0 radical (unpaired) electrons. The van der Waals surface area contributed by atoms with Crippen LogP contribution in [-0.2, 0) is 14.8 Å². The van der Waals surface area contributed by atoms with Crippen molar-refractivity contribution in [2.75, 3.05) is 16.6 Å². The summed E-state index contributed by atoms with van der Waals surface area (Å²) in [6, 6.07) is 17.0. The van der Waals surface area contributed by atoms with Gasteiger partial charge in [-0.3, -0.25) is 14.8 Å². The maximum atomic E-state index is 12.7. The fourth-order valence-electron chi connectivity index (χ4n) is 3.09. The van der Waals surface area contributed by atoms with Gasteiger partial charge in [-0.05, 0) is 92.6 Å². The van der Waals surface area contributed by atoms with Gasteiger partial charge in [-0.15, -0.1) is 0 Å². The Hall–Kier alpha value is -2.95. The van der Waals surface area contributed by atoms with Crippen LogP contribution < -0.4 is 20.1 Å². The molecule has 34 heavy (non-hydrogen) atoms. The molecule has 3 N–H and O–H groups in total. The van der Waals surface area contributed by atoms with Crippen molar-refractivity contribution in [1.82, 2.24) is 5.32 Å². The van der Waals surface area contributed by atoms with Crippen LogP contribution in [0.1, 0.15) is 16.7 Å². The summed E-state index contributed by atoms with van der Waals surface area (Å²) in [6.45, 7) is 5.47. The number of ether oxygens (including phenoxy) is 1. The van der Waals surface area contributed by atoms with Crippen molar-refractivity contribution in [3.8, 4) is 5.75 Å². The predicted molar refractivity (Wildman–Crippen MR) is 142 cm³/mol. The van der Waals surface area contributed by atoms with E-state index in [1.807, 2.05) is 45.0 Å². The lowest BCUT2D eigenvalue weighted by atomic mass is 10.1. The van der Waals surface area contributed by atoms with Gasteiger partial charge in [-0.25, -0.2) is 8.42 Å². The molecule has 0 aromatic heterocycles. The molecule has 0 spiro atoms. The molecule has 3 rings (SSSR count).